The topological polar surface area (TPSA) is 51.5 Å². The maximum absolute atomic E-state index is 11.6. The van der Waals surface area contributed by atoms with E-state index < -0.39 is 5.97 Å². The first kappa shape index (κ1) is 11.5. The third kappa shape index (κ3) is 2.98. The summed E-state index contributed by atoms with van der Waals surface area (Å²) in [5, 5.41) is 6.34. The van der Waals surface area contributed by atoms with Crippen LogP contribution in [0.4, 0.5) is 0 Å². The molecule has 0 aliphatic carbocycles. The van der Waals surface area contributed by atoms with Crippen LogP contribution in [0.25, 0.3) is 0 Å². The minimum atomic E-state index is -0.471. The Morgan fingerprint density at radius 2 is 2.12 bits per heavy atom. The van der Waals surface area contributed by atoms with Crippen LogP contribution in [0.5, 0.6) is 0 Å². The molecule has 0 aliphatic rings. The SMILES string of the molecule is C/C(=N\OC(=O)c1ccccc1)c1nccs1. The molecule has 0 saturated carbocycles. The number of hydrogen-bond acceptors (Lipinski definition) is 5. The summed E-state index contributed by atoms with van der Waals surface area (Å²) in [4.78, 5) is 20.5. The van der Waals surface area contributed by atoms with Crippen LogP contribution >= 0.6 is 11.3 Å². The average Bonchev–Trinajstić information content (AvgIpc) is 2.90. The van der Waals surface area contributed by atoms with Gasteiger partial charge in [-0.25, -0.2) is 9.78 Å². The summed E-state index contributed by atoms with van der Waals surface area (Å²) in [6.45, 7) is 1.75. The molecule has 0 spiro atoms. The van der Waals surface area contributed by atoms with Gasteiger partial charge in [-0.05, 0) is 19.1 Å². The molecule has 17 heavy (non-hydrogen) atoms. The predicted molar refractivity (Wildman–Crippen MR) is 66.2 cm³/mol. The van der Waals surface area contributed by atoms with Crippen molar-refractivity contribution in [3.63, 3.8) is 0 Å². The minimum absolute atomic E-state index is 0.471. The number of carbonyl (C=O) groups excluding carboxylic acids is 1. The van der Waals surface area contributed by atoms with Gasteiger partial charge in [-0.15, -0.1) is 11.3 Å². The van der Waals surface area contributed by atoms with E-state index in [0.717, 1.165) is 5.01 Å². The van der Waals surface area contributed by atoms with Gasteiger partial charge in [0.25, 0.3) is 0 Å². The summed E-state index contributed by atoms with van der Waals surface area (Å²) in [5.74, 6) is -0.471. The summed E-state index contributed by atoms with van der Waals surface area (Å²) in [6.07, 6.45) is 1.68. The molecule has 2 aromatic rings. The Morgan fingerprint density at radius 1 is 1.35 bits per heavy atom. The van der Waals surface area contributed by atoms with Crippen LogP contribution in [0.1, 0.15) is 22.3 Å². The highest BCUT2D eigenvalue weighted by Gasteiger charge is 2.07. The lowest BCUT2D eigenvalue weighted by molar-refractivity contribution is 0.0516. The van der Waals surface area contributed by atoms with Gasteiger partial charge in [0.15, 0.2) is 0 Å². The molecule has 0 atom stereocenters. The molecule has 0 N–H and O–H groups in total. The Bertz CT molecular complexity index is 521. The molecule has 0 unspecified atom stereocenters. The number of oxime groups is 1. The first-order valence-corrected chi connectivity index (χ1v) is 5.86. The number of nitrogens with zero attached hydrogens (tertiary/aromatic N) is 2. The van der Waals surface area contributed by atoms with Crippen LogP contribution in [0, 0.1) is 0 Å². The third-order valence-electron chi connectivity index (χ3n) is 2.02. The molecule has 4 nitrogen and oxygen atoms in total. The predicted octanol–water partition coefficient (Wildman–Crippen LogP) is 2.72. The average molecular weight is 246 g/mol. The van der Waals surface area contributed by atoms with Crippen LogP contribution in [-0.4, -0.2) is 16.7 Å². The maximum atomic E-state index is 11.6. The molecule has 0 bridgehead atoms. The fraction of sp³-hybridized carbons (Fsp3) is 0.0833. The molecule has 1 heterocycles. The molecule has 0 fully saturated rings. The van der Waals surface area contributed by atoms with Crippen LogP contribution in [-0.2, 0) is 4.84 Å². The number of rotatable bonds is 3. The first-order chi connectivity index (χ1) is 8.27. The van der Waals surface area contributed by atoms with Crippen molar-refractivity contribution in [3.05, 3.63) is 52.5 Å². The number of thiazole rings is 1. The molecule has 2 rings (SSSR count). The van der Waals surface area contributed by atoms with E-state index in [1.165, 1.54) is 11.3 Å². The van der Waals surface area contributed by atoms with Gasteiger partial charge in [-0.1, -0.05) is 23.4 Å². The molecular weight excluding hydrogens is 236 g/mol. The van der Waals surface area contributed by atoms with Gasteiger partial charge in [0, 0.05) is 11.6 Å². The molecule has 0 aliphatic heterocycles. The summed E-state index contributed by atoms with van der Waals surface area (Å²) in [5.41, 5.74) is 1.06. The van der Waals surface area contributed by atoms with Gasteiger partial charge in [0.05, 0.1) is 5.56 Å². The third-order valence-corrected chi connectivity index (χ3v) is 2.90. The van der Waals surface area contributed by atoms with Crippen molar-refractivity contribution in [2.75, 3.05) is 0 Å². The zero-order valence-corrected chi connectivity index (χ0v) is 9.98. The standard InChI is InChI=1S/C12H10N2O2S/c1-9(11-13-7-8-17-11)14-16-12(15)10-5-3-2-4-6-10/h2-8H,1H3/b14-9+. The van der Waals surface area contributed by atoms with E-state index in [1.54, 1.807) is 37.4 Å². The number of benzene rings is 1. The molecule has 0 amide bonds. The van der Waals surface area contributed by atoms with E-state index in [9.17, 15) is 4.79 Å². The minimum Gasteiger partial charge on any atom is -0.312 e. The van der Waals surface area contributed by atoms with E-state index >= 15 is 0 Å². The Morgan fingerprint density at radius 3 is 2.76 bits per heavy atom. The van der Waals surface area contributed by atoms with Crippen molar-refractivity contribution in [2.24, 2.45) is 5.16 Å². The number of hydrogen-bond donors (Lipinski definition) is 0. The summed E-state index contributed by atoms with van der Waals surface area (Å²) >= 11 is 1.45. The largest absolute Gasteiger partial charge is 0.365 e. The molecule has 0 radical (unpaired) electrons. The normalized spacial score (nSPS) is 11.2. The lowest BCUT2D eigenvalue weighted by atomic mass is 10.2. The van der Waals surface area contributed by atoms with Crippen molar-refractivity contribution in [1.29, 1.82) is 0 Å². The van der Waals surface area contributed by atoms with Gasteiger partial charge in [-0.3, -0.25) is 0 Å². The molecule has 5 heteroatoms. The monoisotopic (exact) mass is 246 g/mol. The molecule has 86 valence electrons. The van der Waals surface area contributed by atoms with Crippen LogP contribution in [0.2, 0.25) is 0 Å². The van der Waals surface area contributed by atoms with Crippen LogP contribution < -0.4 is 0 Å². The van der Waals surface area contributed by atoms with Gasteiger partial charge < -0.3 is 4.84 Å². The lowest BCUT2D eigenvalue weighted by Gasteiger charge is -1.98. The quantitative estimate of drug-likeness (QED) is 0.475. The summed E-state index contributed by atoms with van der Waals surface area (Å²) < 4.78 is 0. The van der Waals surface area contributed by atoms with E-state index in [-0.39, 0.29) is 0 Å². The zero-order chi connectivity index (χ0) is 12.1. The molecular formula is C12H10N2O2S. The second kappa shape index (κ2) is 5.36. The van der Waals surface area contributed by atoms with E-state index in [2.05, 4.69) is 10.1 Å². The highest BCUT2D eigenvalue weighted by Crippen LogP contribution is 2.07. The van der Waals surface area contributed by atoms with Crippen molar-refractivity contribution in [2.45, 2.75) is 6.92 Å². The number of aromatic nitrogens is 1. The Hall–Kier alpha value is -2.01. The van der Waals surface area contributed by atoms with Crippen molar-refractivity contribution in [3.8, 4) is 0 Å². The van der Waals surface area contributed by atoms with Gasteiger partial charge in [-0.2, -0.15) is 0 Å². The molecule has 1 aromatic heterocycles. The Balaban J connectivity index is 2.04. The fourth-order valence-electron chi connectivity index (χ4n) is 1.18. The van der Waals surface area contributed by atoms with Gasteiger partial charge >= 0.3 is 5.97 Å². The van der Waals surface area contributed by atoms with Gasteiger partial charge in [0.2, 0.25) is 0 Å². The lowest BCUT2D eigenvalue weighted by Crippen LogP contribution is -2.03. The van der Waals surface area contributed by atoms with Crippen molar-refractivity contribution in [1.82, 2.24) is 4.98 Å². The van der Waals surface area contributed by atoms with Gasteiger partial charge in [0.1, 0.15) is 10.7 Å². The van der Waals surface area contributed by atoms with E-state index in [1.807, 2.05) is 11.4 Å². The van der Waals surface area contributed by atoms with E-state index in [4.69, 9.17) is 4.84 Å². The maximum Gasteiger partial charge on any atom is 0.365 e. The Labute approximate surface area is 103 Å². The second-order valence-corrected chi connectivity index (χ2v) is 4.15. The second-order valence-electron chi connectivity index (χ2n) is 3.26. The van der Waals surface area contributed by atoms with Crippen LogP contribution in [0.3, 0.4) is 0 Å². The van der Waals surface area contributed by atoms with Crippen molar-refractivity contribution >= 4 is 23.0 Å². The fourth-order valence-corrected chi connectivity index (χ4v) is 1.76. The first-order valence-electron chi connectivity index (χ1n) is 4.98. The Kier molecular flexibility index (Phi) is 3.62. The highest BCUT2D eigenvalue weighted by atomic mass is 32.1. The zero-order valence-electron chi connectivity index (χ0n) is 9.16. The summed E-state index contributed by atoms with van der Waals surface area (Å²) in [6, 6.07) is 8.73. The van der Waals surface area contributed by atoms with E-state index in [0.29, 0.717) is 11.3 Å². The smallest absolute Gasteiger partial charge is 0.312 e. The molecule has 1 aromatic carbocycles. The highest BCUT2D eigenvalue weighted by molar-refractivity contribution is 7.11. The summed E-state index contributed by atoms with van der Waals surface area (Å²) in [7, 11) is 0. The van der Waals surface area contributed by atoms with Crippen LogP contribution in [0.15, 0.2) is 47.1 Å². The molecule has 0 saturated heterocycles. The number of carbonyl (C=O) groups is 1. The van der Waals surface area contributed by atoms with Crippen molar-refractivity contribution < 1.29 is 9.63 Å².